The minimum atomic E-state index is 0.0541. The molecule has 0 bridgehead atoms. The van der Waals surface area contributed by atoms with Crippen LogP contribution in [-0.2, 0) is 0 Å². The molecule has 21 heavy (non-hydrogen) atoms. The second-order valence-electron chi connectivity index (χ2n) is 3.98. The third kappa shape index (κ3) is 4.57. The van der Waals surface area contributed by atoms with Crippen LogP contribution in [0.3, 0.4) is 0 Å². The number of hydrogen-bond donors (Lipinski definition) is 1. The number of methoxy groups -OCH3 is 1. The van der Waals surface area contributed by atoms with Gasteiger partial charge in [0.1, 0.15) is 5.75 Å². The van der Waals surface area contributed by atoms with Gasteiger partial charge in [0.25, 0.3) is 0 Å². The van der Waals surface area contributed by atoms with E-state index in [4.69, 9.17) is 4.74 Å². The van der Waals surface area contributed by atoms with Crippen molar-refractivity contribution in [3.8, 4) is 5.75 Å². The molecule has 0 aliphatic carbocycles. The number of benzene rings is 1. The van der Waals surface area contributed by atoms with Gasteiger partial charge in [0.2, 0.25) is 5.13 Å². The summed E-state index contributed by atoms with van der Waals surface area (Å²) in [5.41, 5.74) is 0.665. The zero-order valence-electron chi connectivity index (χ0n) is 11.5. The summed E-state index contributed by atoms with van der Waals surface area (Å²) in [5, 5.41) is 11.8. The van der Waals surface area contributed by atoms with Crippen molar-refractivity contribution in [1.82, 2.24) is 10.2 Å². The first-order valence-corrected chi connectivity index (χ1v) is 8.01. The van der Waals surface area contributed by atoms with Gasteiger partial charge in [-0.15, -0.1) is 16.8 Å². The van der Waals surface area contributed by atoms with Gasteiger partial charge in [-0.2, -0.15) is 0 Å². The summed E-state index contributed by atoms with van der Waals surface area (Å²) >= 11 is 2.81. The Morgan fingerprint density at radius 1 is 1.43 bits per heavy atom. The third-order valence-electron chi connectivity index (χ3n) is 2.54. The van der Waals surface area contributed by atoms with Gasteiger partial charge in [0.05, 0.1) is 12.9 Å². The van der Waals surface area contributed by atoms with Gasteiger partial charge in [0.15, 0.2) is 10.1 Å². The molecule has 0 aliphatic heterocycles. The van der Waals surface area contributed by atoms with Gasteiger partial charge in [-0.1, -0.05) is 29.2 Å². The first kappa shape index (κ1) is 15.5. The van der Waals surface area contributed by atoms with Crippen molar-refractivity contribution >= 4 is 34.0 Å². The predicted molar refractivity (Wildman–Crippen MR) is 86.6 cm³/mol. The molecular formula is C14H15N3O2S2. The lowest BCUT2D eigenvalue weighted by atomic mass is 10.1. The number of nitrogens with one attached hydrogen (secondary N) is 1. The second-order valence-corrected chi connectivity index (χ2v) is 6.18. The summed E-state index contributed by atoms with van der Waals surface area (Å²) in [6, 6.07) is 7.08. The molecule has 1 aromatic carbocycles. The molecule has 5 nitrogen and oxygen atoms in total. The van der Waals surface area contributed by atoms with Crippen molar-refractivity contribution in [2.24, 2.45) is 0 Å². The van der Waals surface area contributed by atoms with Crippen molar-refractivity contribution < 1.29 is 9.53 Å². The first-order valence-electron chi connectivity index (χ1n) is 6.21. The number of ketones is 1. The molecule has 0 unspecified atom stereocenters. The molecule has 1 N–H and O–H groups in total. The summed E-state index contributed by atoms with van der Waals surface area (Å²) in [5.74, 6) is 1.13. The van der Waals surface area contributed by atoms with Crippen molar-refractivity contribution in [2.45, 2.75) is 4.34 Å². The van der Waals surface area contributed by atoms with Crippen molar-refractivity contribution in [3.05, 3.63) is 42.5 Å². The van der Waals surface area contributed by atoms with Crippen LogP contribution < -0.4 is 10.1 Å². The van der Waals surface area contributed by atoms with Gasteiger partial charge >= 0.3 is 0 Å². The number of carbonyl (C=O) groups is 1. The van der Waals surface area contributed by atoms with E-state index in [0.29, 0.717) is 17.9 Å². The molecule has 110 valence electrons. The van der Waals surface area contributed by atoms with Crippen LogP contribution in [0.2, 0.25) is 0 Å². The summed E-state index contributed by atoms with van der Waals surface area (Å²) in [6.45, 7) is 4.27. The molecule has 1 aromatic heterocycles. The maximum absolute atomic E-state index is 12.1. The van der Waals surface area contributed by atoms with E-state index >= 15 is 0 Å². The molecule has 0 fully saturated rings. The Labute approximate surface area is 131 Å². The van der Waals surface area contributed by atoms with Crippen LogP contribution in [-0.4, -0.2) is 35.4 Å². The Morgan fingerprint density at radius 3 is 2.86 bits per heavy atom. The minimum absolute atomic E-state index is 0.0541. The van der Waals surface area contributed by atoms with Crippen LogP contribution >= 0.6 is 23.1 Å². The Hall–Kier alpha value is -1.86. The van der Waals surface area contributed by atoms with E-state index in [-0.39, 0.29) is 5.78 Å². The van der Waals surface area contributed by atoms with Gasteiger partial charge < -0.3 is 10.1 Å². The van der Waals surface area contributed by atoms with Crippen molar-refractivity contribution in [2.75, 3.05) is 24.7 Å². The maximum Gasteiger partial charge on any atom is 0.206 e. The van der Waals surface area contributed by atoms with E-state index in [1.165, 1.54) is 23.1 Å². The molecule has 0 amide bonds. The molecular weight excluding hydrogens is 306 g/mol. The lowest BCUT2D eigenvalue weighted by Gasteiger charge is -2.01. The Bertz CT molecular complexity index is 611. The quantitative estimate of drug-likeness (QED) is 0.458. The zero-order chi connectivity index (χ0) is 15.1. The molecule has 0 atom stereocenters. The van der Waals surface area contributed by atoms with E-state index in [9.17, 15) is 4.79 Å². The van der Waals surface area contributed by atoms with Crippen molar-refractivity contribution in [1.29, 1.82) is 0 Å². The number of rotatable bonds is 8. The minimum Gasteiger partial charge on any atom is -0.497 e. The van der Waals surface area contributed by atoms with Crippen LogP contribution in [0.5, 0.6) is 5.75 Å². The third-order valence-corrected chi connectivity index (χ3v) is 4.56. The fourth-order valence-electron chi connectivity index (χ4n) is 1.49. The highest BCUT2D eigenvalue weighted by molar-refractivity contribution is 8.01. The normalized spacial score (nSPS) is 10.1. The largest absolute Gasteiger partial charge is 0.497 e. The number of hydrogen-bond acceptors (Lipinski definition) is 7. The Morgan fingerprint density at radius 2 is 2.19 bits per heavy atom. The van der Waals surface area contributed by atoms with Gasteiger partial charge in [-0.05, 0) is 24.3 Å². The smallest absolute Gasteiger partial charge is 0.206 e. The number of carbonyl (C=O) groups excluding carboxylic acids is 1. The van der Waals surface area contributed by atoms with E-state index in [1.807, 2.05) is 0 Å². The summed E-state index contributed by atoms with van der Waals surface area (Å²) in [4.78, 5) is 12.1. The van der Waals surface area contributed by atoms with Crippen LogP contribution in [0.1, 0.15) is 10.4 Å². The predicted octanol–water partition coefficient (Wildman–Crippen LogP) is 3.12. The number of ether oxygens (including phenoxy) is 1. The SMILES string of the molecule is C=CCNc1nnc(SCC(=O)c2ccc(OC)cc2)s1. The van der Waals surface area contributed by atoms with E-state index in [2.05, 4.69) is 22.1 Å². The van der Waals surface area contributed by atoms with Crippen molar-refractivity contribution in [3.63, 3.8) is 0 Å². The fourth-order valence-corrected chi connectivity index (χ4v) is 3.14. The van der Waals surface area contributed by atoms with E-state index in [0.717, 1.165) is 15.2 Å². The highest BCUT2D eigenvalue weighted by atomic mass is 32.2. The highest BCUT2D eigenvalue weighted by Crippen LogP contribution is 2.26. The van der Waals surface area contributed by atoms with Gasteiger partial charge in [-0.25, -0.2) is 0 Å². The number of thioether (sulfide) groups is 1. The average molecular weight is 321 g/mol. The van der Waals surface area contributed by atoms with E-state index in [1.54, 1.807) is 37.5 Å². The molecule has 0 aliphatic rings. The molecule has 7 heteroatoms. The maximum atomic E-state index is 12.1. The molecule has 0 saturated carbocycles. The van der Waals surface area contributed by atoms with Gasteiger partial charge in [0, 0.05) is 12.1 Å². The van der Waals surface area contributed by atoms with E-state index < -0.39 is 0 Å². The lowest BCUT2D eigenvalue weighted by Crippen LogP contribution is -2.02. The summed E-state index contributed by atoms with van der Waals surface area (Å²) < 4.78 is 5.83. The number of aromatic nitrogens is 2. The number of nitrogens with zero attached hydrogens (tertiary/aromatic N) is 2. The molecule has 0 saturated heterocycles. The van der Waals surface area contributed by atoms with Crippen LogP contribution in [0.25, 0.3) is 0 Å². The second kappa shape index (κ2) is 7.80. The van der Waals surface area contributed by atoms with Gasteiger partial charge in [-0.3, -0.25) is 4.79 Å². The molecule has 0 radical (unpaired) electrons. The van der Waals surface area contributed by atoms with Crippen LogP contribution in [0.4, 0.5) is 5.13 Å². The molecule has 0 spiro atoms. The zero-order valence-corrected chi connectivity index (χ0v) is 13.2. The molecule has 1 heterocycles. The monoisotopic (exact) mass is 321 g/mol. The number of Topliss-reactive ketones (excluding diaryl/α,β-unsaturated/α-hetero) is 1. The lowest BCUT2D eigenvalue weighted by molar-refractivity contribution is 0.102. The molecule has 2 rings (SSSR count). The Balaban J connectivity index is 1.87. The van der Waals surface area contributed by atoms with Crippen LogP contribution in [0, 0.1) is 0 Å². The standard InChI is InChI=1S/C14H15N3O2S2/c1-3-8-15-13-16-17-14(21-13)20-9-12(18)10-4-6-11(19-2)7-5-10/h3-7H,1,8-9H2,2H3,(H,15,16). The highest BCUT2D eigenvalue weighted by Gasteiger charge is 2.10. The molecule has 2 aromatic rings. The average Bonchev–Trinajstić information content (AvgIpc) is 2.98. The number of anilines is 1. The Kier molecular flexibility index (Phi) is 5.77. The summed E-state index contributed by atoms with van der Waals surface area (Å²) in [6.07, 6.45) is 1.75. The fraction of sp³-hybridized carbons (Fsp3) is 0.214. The van der Waals surface area contributed by atoms with Crippen LogP contribution in [0.15, 0.2) is 41.3 Å². The summed E-state index contributed by atoms with van der Waals surface area (Å²) in [7, 11) is 1.60. The first-order chi connectivity index (χ1) is 10.2. The topological polar surface area (TPSA) is 64.1 Å².